The topological polar surface area (TPSA) is 66.5 Å². The molecule has 2 amide bonds. The van der Waals surface area contributed by atoms with Crippen LogP contribution in [0.2, 0.25) is 10.0 Å². The van der Waals surface area contributed by atoms with E-state index in [1.165, 1.54) is 23.1 Å². The van der Waals surface area contributed by atoms with Gasteiger partial charge in [0.15, 0.2) is 0 Å². The summed E-state index contributed by atoms with van der Waals surface area (Å²) in [6.07, 6.45) is -4.63. The molecule has 4 aromatic rings. The summed E-state index contributed by atoms with van der Waals surface area (Å²) >= 11 is 12.2. The number of anilines is 2. The maximum absolute atomic E-state index is 13.7. The Morgan fingerprint density at radius 1 is 0.897 bits per heavy atom. The lowest BCUT2D eigenvalue weighted by Gasteiger charge is -2.24. The van der Waals surface area contributed by atoms with E-state index in [1.54, 1.807) is 48.5 Å². The van der Waals surface area contributed by atoms with E-state index in [2.05, 4.69) is 5.32 Å². The first kappa shape index (κ1) is 26.9. The first-order valence-electron chi connectivity index (χ1n) is 11.4. The van der Waals surface area contributed by atoms with Crippen molar-refractivity contribution in [3.05, 3.63) is 117 Å². The van der Waals surface area contributed by atoms with Gasteiger partial charge in [0.25, 0.3) is 11.8 Å². The molecule has 0 bridgehead atoms. The highest BCUT2D eigenvalue weighted by atomic mass is 35.5. The van der Waals surface area contributed by atoms with E-state index in [9.17, 15) is 27.0 Å². The maximum Gasteiger partial charge on any atom is 0.416 e. The maximum atomic E-state index is 13.7. The molecule has 0 fully saturated rings. The van der Waals surface area contributed by atoms with Gasteiger partial charge >= 0.3 is 6.18 Å². The van der Waals surface area contributed by atoms with Crippen LogP contribution in [0.5, 0.6) is 0 Å². The van der Waals surface area contributed by atoms with Crippen molar-refractivity contribution in [3.63, 3.8) is 0 Å². The predicted molar refractivity (Wildman–Crippen MR) is 144 cm³/mol. The zero-order valence-electron chi connectivity index (χ0n) is 19.8. The van der Waals surface area contributed by atoms with E-state index in [1.807, 2.05) is 0 Å². The van der Waals surface area contributed by atoms with E-state index in [-0.39, 0.29) is 34.1 Å². The highest BCUT2D eigenvalue weighted by Gasteiger charge is 2.33. The van der Waals surface area contributed by atoms with Crippen molar-refractivity contribution in [2.75, 3.05) is 10.2 Å². The Hall–Kier alpha value is -3.66. The van der Waals surface area contributed by atoms with Gasteiger partial charge in [0.2, 0.25) is 0 Å². The monoisotopic (exact) mass is 588 g/mol. The fraction of sp³-hybridized carbons (Fsp3) is 0.0714. The molecule has 1 aliphatic heterocycles. The summed E-state index contributed by atoms with van der Waals surface area (Å²) in [6.45, 7) is 0.0580. The first-order valence-corrected chi connectivity index (χ1v) is 13.3. The number of benzene rings is 4. The molecule has 39 heavy (non-hydrogen) atoms. The number of rotatable bonds is 4. The lowest BCUT2D eigenvalue weighted by molar-refractivity contribution is -0.137. The molecule has 5 nitrogen and oxygen atoms in total. The molecule has 0 saturated carbocycles. The third kappa shape index (κ3) is 5.43. The van der Waals surface area contributed by atoms with E-state index in [4.69, 9.17) is 23.2 Å². The van der Waals surface area contributed by atoms with E-state index in [0.29, 0.717) is 20.4 Å². The molecule has 0 aliphatic carbocycles. The zero-order chi connectivity index (χ0) is 27.9. The summed E-state index contributed by atoms with van der Waals surface area (Å²) in [4.78, 5) is 28.9. The number of hydrogen-bond donors (Lipinski definition) is 1. The second-order valence-electron chi connectivity index (χ2n) is 8.62. The Labute approximate surface area is 233 Å². The molecule has 1 atom stereocenters. The molecular weight excluding hydrogens is 572 g/mol. The number of amides is 2. The van der Waals surface area contributed by atoms with Gasteiger partial charge in [-0.25, -0.2) is 4.21 Å². The molecule has 11 heteroatoms. The Bertz CT molecular complexity index is 1660. The molecule has 5 rings (SSSR count). The molecule has 4 aromatic carbocycles. The molecule has 0 radical (unpaired) electrons. The lowest BCUT2D eigenvalue weighted by atomic mass is 10.1. The largest absolute Gasteiger partial charge is 0.416 e. The van der Waals surface area contributed by atoms with Crippen molar-refractivity contribution in [2.24, 2.45) is 0 Å². The van der Waals surface area contributed by atoms with Crippen LogP contribution in [-0.4, -0.2) is 16.0 Å². The minimum atomic E-state index is -4.63. The lowest BCUT2D eigenvalue weighted by Crippen LogP contribution is -2.30. The highest BCUT2D eigenvalue weighted by Crippen LogP contribution is 2.37. The van der Waals surface area contributed by atoms with Crippen LogP contribution < -0.4 is 10.2 Å². The van der Waals surface area contributed by atoms with E-state index >= 15 is 0 Å². The zero-order valence-corrected chi connectivity index (χ0v) is 22.1. The predicted octanol–water partition coefficient (Wildman–Crippen LogP) is 7.59. The second kappa shape index (κ2) is 10.5. The van der Waals surface area contributed by atoms with Crippen LogP contribution in [0.3, 0.4) is 0 Å². The molecule has 0 aromatic heterocycles. The Morgan fingerprint density at radius 3 is 2.41 bits per heavy atom. The minimum absolute atomic E-state index is 0.0223. The molecule has 0 saturated heterocycles. The van der Waals surface area contributed by atoms with Crippen LogP contribution in [0.15, 0.2) is 94.7 Å². The third-order valence-electron chi connectivity index (χ3n) is 6.05. The van der Waals surface area contributed by atoms with Crippen molar-refractivity contribution in [1.29, 1.82) is 0 Å². The van der Waals surface area contributed by atoms with Crippen LogP contribution in [0, 0.1) is 0 Å². The fourth-order valence-electron chi connectivity index (χ4n) is 4.17. The molecule has 1 aliphatic rings. The third-order valence-corrected chi connectivity index (χ3v) is 8.11. The molecule has 1 heterocycles. The normalized spacial score (nSPS) is 14.8. The number of carbonyl (C=O) groups is 2. The van der Waals surface area contributed by atoms with Gasteiger partial charge in [0.05, 0.1) is 54.7 Å². The number of alkyl halides is 3. The number of nitrogens with one attached hydrogen (secondary N) is 1. The highest BCUT2D eigenvalue weighted by molar-refractivity contribution is 7.85. The molecule has 198 valence electrons. The molecular formula is C28H17Cl2F3N2O3S. The van der Waals surface area contributed by atoms with Gasteiger partial charge in [-0.1, -0.05) is 47.5 Å². The molecule has 1 N–H and O–H groups in total. The van der Waals surface area contributed by atoms with Crippen molar-refractivity contribution in [3.8, 4) is 0 Å². The van der Waals surface area contributed by atoms with Gasteiger partial charge in [0, 0.05) is 10.6 Å². The first-order chi connectivity index (χ1) is 18.5. The standard InChI is InChI=1S/C28H17Cl2F3N2O3S/c29-19-5-3-4-16(12-19)15-35-23-13-17(26(36)34-22-14-18(28(31,32)33)9-10-21(22)30)8-11-25(23)39(38)24-7-2-1-6-20(24)27(35)37/h1-14H,15H2,(H,34,36). The Morgan fingerprint density at radius 2 is 1.67 bits per heavy atom. The van der Waals surface area contributed by atoms with Crippen LogP contribution in [0.4, 0.5) is 24.5 Å². The summed E-state index contributed by atoms with van der Waals surface area (Å²) in [6, 6.07) is 20.3. The van der Waals surface area contributed by atoms with Gasteiger partial charge in [-0.3, -0.25) is 9.59 Å². The van der Waals surface area contributed by atoms with Crippen molar-refractivity contribution < 1.29 is 27.0 Å². The van der Waals surface area contributed by atoms with Gasteiger partial charge in [-0.2, -0.15) is 13.2 Å². The number of halogens is 5. The minimum Gasteiger partial charge on any atom is -0.321 e. The molecule has 0 spiro atoms. The SMILES string of the molecule is O=C(Nc1cc(C(F)(F)F)ccc1Cl)c1ccc2c(c1)N(Cc1cccc(Cl)c1)C(=O)c1ccccc1S2=O. The summed E-state index contributed by atoms with van der Waals surface area (Å²) in [7, 11) is -1.75. The van der Waals surface area contributed by atoms with Crippen LogP contribution >= 0.6 is 23.2 Å². The van der Waals surface area contributed by atoms with Gasteiger partial charge in [-0.15, -0.1) is 0 Å². The van der Waals surface area contributed by atoms with Crippen LogP contribution in [-0.2, 0) is 23.5 Å². The fourth-order valence-corrected chi connectivity index (χ4v) is 5.89. The van der Waals surface area contributed by atoms with E-state index < -0.39 is 34.4 Å². The average molecular weight is 589 g/mol. The summed E-state index contributed by atoms with van der Waals surface area (Å²) in [5, 5.41) is 2.79. The quantitative estimate of drug-likeness (QED) is 0.267. The number of carbonyl (C=O) groups excluding carboxylic acids is 2. The second-order valence-corrected chi connectivity index (χ2v) is 10.9. The number of fused-ring (bicyclic) bond motifs is 2. The summed E-state index contributed by atoms with van der Waals surface area (Å²) < 4.78 is 53.1. The number of hydrogen-bond acceptors (Lipinski definition) is 3. The molecule has 1 unspecified atom stereocenters. The summed E-state index contributed by atoms with van der Waals surface area (Å²) in [5.74, 6) is -1.20. The van der Waals surface area contributed by atoms with Gasteiger partial charge in [-0.05, 0) is 66.2 Å². The van der Waals surface area contributed by atoms with Gasteiger partial charge in [0.1, 0.15) is 0 Å². The Kier molecular flexibility index (Phi) is 7.24. The Balaban J connectivity index is 1.58. The van der Waals surface area contributed by atoms with Crippen molar-refractivity contribution in [1.82, 2.24) is 0 Å². The smallest absolute Gasteiger partial charge is 0.321 e. The van der Waals surface area contributed by atoms with Crippen LogP contribution in [0.25, 0.3) is 0 Å². The average Bonchev–Trinajstić information content (AvgIpc) is 2.98. The summed E-state index contributed by atoms with van der Waals surface area (Å²) in [5.41, 5.74) is -0.0235. The van der Waals surface area contributed by atoms with E-state index in [0.717, 1.165) is 18.2 Å². The van der Waals surface area contributed by atoms with Gasteiger partial charge < -0.3 is 10.2 Å². The van der Waals surface area contributed by atoms with Crippen molar-refractivity contribution >= 4 is 57.2 Å². The van der Waals surface area contributed by atoms with Crippen LogP contribution in [0.1, 0.15) is 31.8 Å². The number of nitrogens with zero attached hydrogens (tertiary/aromatic N) is 1. The van der Waals surface area contributed by atoms with Crippen molar-refractivity contribution in [2.45, 2.75) is 22.5 Å².